The molecule has 4 N–H and O–H groups in total. The third-order valence-electron chi connectivity index (χ3n) is 3.48. The number of nitrogens with zero attached hydrogens (tertiary/aromatic N) is 1. The largest absolute Gasteiger partial charge is 0.326 e. The van der Waals surface area contributed by atoms with Gasteiger partial charge in [-0.3, -0.25) is 9.89 Å². The van der Waals surface area contributed by atoms with Crippen molar-refractivity contribution in [1.29, 1.82) is 0 Å². The van der Waals surface area contributed by atoms with Crippen molar-refractivity contribution in [2.45, 2.75) is 13.0 Å². The number of aromatic nitrogens is 2. The Hall–Kier alpha value is -3.35. The van der Waals surface area contributed by atoms with Crippen LogP contribution in [0.1, 0.15) is 6.92 Å². The Morgan fingerprint density at radius 1 is 1.04 bits per heavy atom. The topological polar surface area (TPSA) is 98.9 Å². The number of benzene rings is 2. The van der Waals surface area contributed by atoms with E-state index in [4.69, 9.17) is 0 Å². The van der Waals surface area contributed by atoms with Gasteiger partial charge in [0.05, 0.1) is 11.7 Å². The fraction of sp³-hybridized carbons (Fsp3) is 0.118. The Labute approximate surface area is 138 Å². The van der Waals surface area contributed by atoms with E-state index in [1.165, 1.54) is 0 Å². The summed E-state index contributed by atoms with van der Waals surface area (Å²) in [5, 5.41) is 15.7. The van der Waals surface area contributed by atoms with E-state index in [1.54, 1.807) is 31.3 Å². The van der Waals surface area contributed by atoms with Crippen LogP contribution in [0, 0.1) is 0 Å². The maximum Gasteiger partial charge on any atom is 0.319 e. The minimum atomic E-state index is -0.686. The van der Waals surface area contributed by atoms with Gasteiger partial charge in [0.25, 0.3) is 0 Å². The maximum absolute atomic E-state index is 12.2. The first kappa shape index (κ1) is 15.5. The van der Waals surface area contributed by atoms with Crippen LogP contribution in [0.5, 0.6) is 0 Å². The summed E-state index contributed by atoms with van der Waals surface area (Å²) < 4.78 is 0. The van der Waals surface area contributed by atoms with Gasteiger partial charge in [0.15, 0.2) is 0 Å². The van der Waals surface area contributed by atoms with E-state index in [0.717, 1.165) is 10.9 Å². The molecule has 7 nitrogen and oxygen atoms in total. The van der Waals surface area contributed by atoms with Crippen LogP contribution in [0.3, 0.4) is 0 Å². The summed E-state index contributed by atoms with van der Waals surface area (Å²) in [5.41, 5.74) is 2.19. The minimum Gasteiger partial charge on any atom is -0.326 e. The number of anilines is 2. The van der Waals surface area contributed by atoms with Crippen molar-refractivity contribution in [3.8, 4) is 0 Å². The second-order valence-corrected chi connectivity index (χ2v) is 5.35. The second-order valence-electron chi connectivity index (χ2n) is 5.35. The summed E-state index contributed by atoms with van der Waals surface area (Å²) in [6.07, 6.45) is 1.68. The van der Waals surface area contributed by atoms with Crippen molar-refractivity contribution in [3.63, 3.8) is 0 Å². The summed E-state index contributed by atoms with van der Waals surface area (Å²) in [6.45, 7) is 1.62. The molecule has 122 valence electrons. The molecule has 3 rings (SSSR count). The summed E-state index contributed by atoms with van der Waals surface area (Å²) in [5.74, 6) is -0.305. The highest BCUT2D eigenvalue weighted by atomic mass is 16.2. The third-order valence-corrected chi connectivity index (χ3v) is 3.48. The molecule has 0 aliphatic heterocycles. The molecule has 0 unspecified atom stereocenters. The molecule has 0 saturated carbocycles. The molecule has 3 aromatic rings. The first-order valence-corrected chi connectivity index (χ1v) is 7.48. The van der Waals surface area contributed by atoms with Crippen LogP contribution >= 0.6 is 0 Å². The number of aromatic amines is 1. The van der Waals surface area contributed by atoms with E-state index in [9.17, 15) is 9.59 Å². The van der Waals surface area contributed by atoms with Crippen LogP contribution in [0.4, 0.5) is 16.2 Å². The number of urea groups is 1. The molecule has 0 aliphatic carbocycles. The van der Waals surface area contributed by atoms with Crippen molar-refractivity contribution in [2.24, 2.45) is 0 Å². The minimum absolute atomic E-state index is 0.305. The van der Waals surface area contributed by atoms with Gasteiger partial charge in [-0.25, -0.2) is 4.79 Å². The van der Waals surface area contributed by atoms with Gasteiger partial charge in [-0.15, -0.1) is 0 Å². The number of hydrogen-bond donors (Lipinski definition) is 4. The van der Waals surface area contributed by atoms with E-state index >= 15 is 0 Å². The lowest BCUT2D eigenvalue weighted by molar-refractivity contribution is -0.117. The van der Waals surface area contributed by atoms with Crippen molar-refractivity contribution < 1.29 is 9.59 Å². The van der Waals surface area contributed by atoms with Crippen molar-refractivity contribution in [1.82, 2.24) is 15.5 Å². The lowest BCUT2D eigenvalue weighted by Gasteiger charge is -2.15. The molecule has 0 fully saturated rings. The van der Waals surface area contributed by atoms with Crippen LogP contribution < -0.4 is 16.0 Å². The fourth-order valence-electron chi connectivity index (χ4n) is 2.22. The highest BCUT2D eigenvalue weighted by Crippen LogP contribution is 2.16. The second kappa shape index (κ2) is 6.82. The third kappa shape index (κ3) is 3.70. The first-order valence-electron chi connectivity index (χ1n) is 7.48. The van der Waals surface area contributed by atoms with Gasteiger partial charge in [-0.2, -0.15) is 5.10 Å². The van der Waals surface area contributed by atoms with Gasteiger partial charge in [0.1, 0.15) is 6.04 Å². The Balaban J connectivity index is 1.56. The summed E-state index contributed by atoms with van der Waals surface area (Å²) >= 11 is 0. The van der Waals surface area contributed by atoms with E-state index in [1.807, 2.05) is 30.3 Å². The highest BCUT2D eigenvalue weighted by molar-refractivity contribution is 5.99. The average Bonchev–Trinajstić information content (AvgIpc) is 3.03. The molecule has 0 saturated heterocycles. The maximum atomic E-state index is 12.2. The lowest BCUT2D eigenvalue weighted by Crippen LogP contribution is -2.43. The van der Waals surface area contributed by atoms with Gasteiger partial charge < -0.3 is 16.0 Å². The number of hydrogen-bond acceptors (Lipinski definition) is 3. The molecule has 1 atom stereocenters. The number of nitrogens with one attached hydrogen (secondary N) is 4. The fourth-order valence-corrected chi connectivity index (χ4v) is 2.22. The molecule has 0 radical (unpaired) electrons. The molecule has 1 aromatic heterocycles. The smallest absolute Gasteiger partial charge is 0.319 e. The summed E-state index contributed by atoms with van der Waals surface area (Å²) in [4.78, 5) is 24.1. The summed E-state index contributed by atoms with van der Waals surface area (Å²) in [6, 6.07) is 13.3. The van der Waals surface area contributed by atoms with Gasteiger partial charge in [-0.1, -0.05) is 18.2 Å². The Bertz CT molecular complexity index is 860. The average molecular weight is 323 g/mol. The standard InChI is InChI=1S/C17H17N5O2/c1-11(19-17(24)21-13-5-3-2-4-6-13)16(23)20-14-7-8-15-12(9-14)10-18-22-15/h2-11H,1H3,(H,18,22)(H,20,23)(H2,19,21,24)/t11-/m0/s1. The SMILES string of the molecule is C[C@H](NC(=O)Nc1ccccc1)C(=O)Nc1ccc2[nH]ncc2c1. The van der Waals surface area contributed by atoms with Gasteiger partial charge >= 0.3 is 6.03 Å². The Morgan fingerprint density at radius 2 is 1.83 bits per heavy atom. The number of carbonyl (C=O) groups is 2. The zero-order valence-corrected chi connectivity index (χ0v) is 13.0. The normalized spacial score (nSPS) is 11.7. The molecule has 1 heterocycles. The molecule has 3 amide bonds. The van der Waals surface area contributed by atoms with E-state index in [0.29, 0.717) is 11.4 Å². The van der Waals surface area contributed by atoms with Crippen LogP contribution in [-0.4, -0.2) is 28.2 Å². The van der Waals surface area contributed by atoms with Crippen LogP contribution in [-0.2, 0) is 4.79 Å². The number of carbonyl (C=O) groups excluding carboxylic acids is 2. The highest BCUT2D eigenvalue weighted by Gasteiger charge is 2.16. The van der Waals surface area contributed by atoms with Crippen LogP contribution in [0.2, 0.25) is 0 Å². The molecule has 0 bridgehead atoms. The van der Waals surface area contributed by atoms with Gasteiger partial charge in [0, 0.05) is 16.8 Å². The van der Waals surface area contributed by atoms with Gasteiger partial charge in [0.2, 0.25) is 5.91 Å². The Kier molecular flexibility index (Phi) is 4.42. The number of para-hydroxylation sites is 1. The van der Waals surface area contributed by atoms with Crippen LogP contribution in [0.15, 0.2) is 54.7 Å². The first-order chi connectivity index (χ1) is 11.6. The lowest BCUT2D eigenvalue weighted by atomic mass is 10.2. The monoisotopic (exact) mass is 323 g/mol. The van der Waals surface area contributed by atoms with E-state index < -0.39 is 12.1 Å². The zero-order valence-electron chi connectivity index (χ0n) is 13.0. The number of H-pyrrole nitrogens is 1. The van der Waals surface area contributed by atoms with Crippen molar-refractivity contribution in [3.05, 3.63) is 54.7 Å². The quantitative estimate of drug-likeness (QED) is 0.594. The van der Waals surface area contributed by atoms with Gasteiger partial charge in [-0.05, 0) is 37.3 Å². The number of amides is 3. The zero-order chi connectivity index (χ0) is 16.9. The van der Waals surface area contributed by atoms with Crippen LogP contribution in [0.25, 0.3) is 10.9 Å². The van der Waals surface area contributed by atoms with E-state index in [2.05, 4.69) is 26.1 Å². The predicted molar refractivity (Wildman–Crippen MR) is 92.8 cm³/mol. The van der Waals surface area contributed by atoms with Crippen molar-refractivity contribution in [2.75, 3.05) is 10.6 Å². The molecule has 0 aliphatic rings. The molecular formula is C17H17N5O2. The Morgan fingerprint density at radius 3 is 2.62 bits per heavy atom. The molecule has 24 heavy (non-hydrogen) atoms. The predicted octanol–water partition coefficient (Wildman–Crippen LogP) is 2.71. The molecule has 0 spiro atoms. The molecule has 2 aromatic carbocycles. The molecular weight excluding hydrogens is 306 g/mol. The van der Waals surface area contributed by atoms with E-state index in [-0.39, 0.29) is 5.91 Å². The molecule has 7 heteroatoms. The van der Waals surface area contributed by atoms with Crippen molar-refractivity contribution >= 4 is 34.2 Å². The summed E-state index contributed by atoms with van der Waals surface area (Å²) in [7, 11) is 0. The number of fused-ring (bicyclic) bond motifs is 1. The number of rotatable bonds is 4.